The standard InChI is InChI=1S/C20H28N4/c1-16-9-12-22-18(14-16)15-24(13-3-2-10-21)19-8-4-6-17-7-5-11-23-20(17)19/h5,7,9,11-12,14,19H,2-4,6,8,10,13,15,21H2,1H3. The Morgan fingerprint density at radius 2 is 2.12 bits per heavy atom. The highest BCUT2D eigenvalue weighted by Crippen LogP contribution is 2.33. The Morgan fingerprint density at radius 3 is 2.96 bits per heavy atom. The van der Waals surface area contributed by atoms with Gasteiger partial charge in [-0.25, -0.2) is 0 Å². The first-order valence-corrected chi connectivity index (χ1v) is 9.07. The Balaban J connectivity index is 1.82. The smallest absolute Gasteiger partial charge is 0.0607 e. The van der Waals surface area contributed by atoms with Gasteiger partial charge in [0.1, 0.15) is 0 Å². The van der Waals surface area contributed by atoms with Crippen LogP contribution in [0, 0.1) is 6.92 Å². The number of fused-ring (bicyclic) bond motifs is 1. The Morgan fingerprint density at radius 1 is 1.21 bits per heavy atom. The molecular weight excluding hydrogens is 296 g/mol. The molecule has 4 heteroatoms. The molecule has 2 aromatic rings. The minimum absolute atomic E-state index is 0.398. The molecule has 0 fully saturated rings. The number of rotatable bonds is 7. The molecule has 0 aliphatic heterocycles. The van der Waals surface area contributed by atoms with Crippen LogP contribution in [0.15, 0.2) is 36.7 Å². The summed E-state index contributed by atoms with van der Waals surface area (Å²) in [5.41, 5.74) is 10.8. The number of aromatic nitrogens is 2. The number of nitrogens with zero attached hydrogens (tertiary/aromatic N) is 3. The Labute approximate surface area is 145 Å². The normalized spacial score (nSPS) is 17.0. The van der Waals surface area contributed by atoms with Gasteiger partial charge in [-0.3, -0.25) is 14.9 Å². The van der Waals surface area contributed by atoms with Crippen LogP contribution in [0.4, 0.5) is 0 Å². The number of hydrogen-bond donors (Lipinski definition) is 1. The summed E-state index contributed by atoms with van der Waals surface area (Å²) in [5, 5.41) is 0. The first-order valence-electron chi connectivity index (χ1n) is 9.07. The summed E-state index contributed by atoms with van der Waals surface area (Å²) in [4.78, 5) is 11.9. The molecule has 3 rings (SSSR count). The van der Waals surface area contributed by atoms with Crippen LogP contribution in [0.5, 0.6) is 0 Å². The third-order valence-corrected chi connectivity index (χ3v) is 4.84. The molecule has 0 saturated carbocycles. The quantitative estimate of drug-likeness (QED) is 0.793. The van der Waals surface area contributed by atoms with Crippen molar-refractivity contribution in [3.05, 3.63) is 59.2 Å². The van der Waals surface area contributed by atoms with Gasteiger partial charge in [0.05, 0.1) is 17.4 Å². The molecule has 4 nitrogen and oxygen atoms in total. The van der Waals surface area contributed by atoms with E-state index < -0.39 is 0 Å². The van der Waals surface area contributed by atoms with Crippen molar-refractivity contribution in [1.82, 2.24) is 14.9 Å². The molecule has 0 spiro atoms. The number of unbranched alkanes of at least 4 members (excludes halogenated alkanes) is 1. The lowest BCUT2D eigenvalue weighted by Gasteiger charge is -2.35. The summed E-state index contributed by atoms with van der Waals surface area (Å²) >= 11 is 0. The molecule has 2 N–H and O–H groups in total. The van der Waals surface area contributed by atoms with Crippen molar-refractivity contribution in [3.8, 4) is 0 Å². The van der Waals surface area contributed by atoms with Crippen LogP contribution in [0.3, 0.4) is 0 Å². The minimum Gasteiger partial charge on any atom is -0.330 e. The van der Waals surface area contributed by atoms with Crippen molar-refractivity contribution in [2.45, 2.75) is 51.6 Å². The molecule has 2 aromatic heterocycles. The van der Waals surface area contributed by atoms with Gasteiger partial charge in [-0.2, -0.15) is 0 Å². The van der Waals surface area contributed by atoms with Gasteiger partial charge >= 0.3 is 0 Å². The monoisotopic (exact) mass is 324 g/mol. The highest BCUT2D eigenvalue weighted by Gasteiger charge is 2.27. The second kappa shape index (κ2) is 8.36. The summed E-state index contributed by atoms with van der Waals surface area (Å²) in [6, 6.07) is 8.94. The van der Waals surface area contributed by atoms with E-state index >= 15 is 0 Å². The van der Waals surface area contributed by atoms with Crippen molar-refractivity contribution in [3.63, 3.8) is 0 Å². The highest BCUT2D eigenvalue weighted by atomic mass is 15.2. The van der Waals surface area contributed by atoms with Crippen LogP contribution >= 0.6 is 0 Å². The zero-order chi connectivity index (χ0) is 16.8. The highest BCUT2D eigenvalue weighted by molar-refractivity contribution is 5.26. The first-order chi connectivity index (χ1) is 11.8. The molecule has 0 saturated heterocycles. The van der Waals surface area contributed by atoms with Crippen LogP contribution in [-0.2, 0) is 13.0 Å². The van der Waals surface area contributed by atoms with Gasteiger partial charge in [0, 0.05) is 18.9 Å². The lowest BCUT2D eigenvalue weighted by atomic mass is 9.90. The van der Waals surface area contributed by atoms with Gasteiger partial charge in [0.25, 0.3) is 0 Å². The molecular formula is C20H28N4. The number of aryl methyl sites for hydroxylation is 2. The molecule has 1 aliphatic carbocycles. The summed E-state index contributed by atoms with van der Waals surface area (Å²) < 4.78 is 0. The van der Waals surface area contributed by atoms with E-state index in [9.17, 15) is 0 Å². The van der Waals surface area contributed by atoms with E-state index in [1.54, 1.807) is 0 Å². The van der Waals surface area contributed by atoms with Crippen LogP contribution in [0.25, 0.3) is 0 Å². The molecule has 1 aliphatic rings. The van der Waals surface area contributed by atoms with Crippen molar-refractivity contribution < 1.29 is 0 Å². The van der Waals surface area contributed by atoms with E-state index in [0.29, 0.717) is 6.04 Å². The zero-order valence-electron chi connectivity index (χ0n) is 14.6. The van der Waals surface area contributed by atoms with E-state index in [1.807, 2.05) is 12.4 Å². The molecule has 0 bridgehead atoms. The number of nitrogens with two attached hydrogens (primary N) is 1. The Kier molecular flexibility index (Phi) is 5.94. The second-order valence-corrected chi connectivity index (χ2v) is 6.75. The van der Waals surface area contributed by atoms with E-state index in [2.05, 4.69) is 41.1 Å². The van der Waals surface area contributed by atoms with Crippen LogP contribution in [0.1, 0.15) is 54.2 Å². The molecule has 2 heterocycles. The molecule has 24 heavy (non-hydrogen) atoms. The third kappa shape index (κ3) is 4.19. The van der Waals surface area contributed by atoms with Gasteiger partial charge in [-0.05, 0) is 81.4 Å². The fourth-order valence-electron chi connectivity index (χ4n) is 3.64. The van der Waals surface area contributed by atoms with E-state index in [1.165, 1.54) is 29.7 Å². The van der Waals surface area contributed by atoms with E-state index in [0.717, 1.165) is 44.6 Å². The summed E-state index contributed by atoms with van der Waals surface area (Å²) in [5.74, 6) is 0. The van der Waals surface area contributed by atoms with Crippen molar-refractivity contribution in [2.75, 3.05) is 13.1 Å². The molecule has 128 valence electrons. The van der Waals surface area contributed by atoms with Gasteiger partial charge in [-0.1, -0.05) is 6.07 Å². The molecule has 0 amide bonds. The average molecular weight is 324 g/mol. The Bertz CT molecular complexity index is 656. The maximum absolute atomic E-state index is 5.70. The topological polar surface area (TPSA) is 55.0 Å². The molecule has 1 atom stereocenters. The predicted octanol–water partition coefficient (Wildman–Crippen LogP) is 3.40. The lowest BCUT2D eigenvalue weighted by Crippen LogP contribution is -2.33. The van der Waals surface area contributed by atoms with Crippen LogP contribution in [0.2, 0.25) is 0 Å². The van der Waals surface area contributed by atoms with Crippen LogP contribution < -0.4 is 5.73 Å². The number of pyridine rings is 2. The van der Waals surface area contributed by atoms with Gasteiger partial charge in [0.2, 0.25) is 0 Å². The van der Waals surface area contributed by atoms with Crippen molar-refractivity contribution in [1.29, 1.82) is 0 Å². The lowest BCUT2D eigenvalue weighted by molar-refractivity contribution is 0.161. The van der Waals surface area contributed by atoms with E-state index in [4.69, 9.17) is 10.7 Å². The zero-order valence-corrected chi connectivity index (χ0v) is 14.6. The van der Waals surface area contributed by atoms with Gasteiger partial charge in [0.15, 0.2) is 0 Å². The van der Waals surface area contributed by atoms with Crippen LogP contribution in [-0.4, -0.2) is 28.0 Å². The first kappa shape index (κ1) is 17.1. The third-order valence-electron chi connectivity index (χ3n) is 4.84. The van der Waals surface area contributed by atoms with Crippen molar-refractivity contribution >= 4 is 0 Å². The molecule has 1 unspecified atom stereocenters. The predicted molar refractivity (Wildman–Crippen MR) is 97.6 cm³/mol. The largest absolute Gasteiger partial charge is 0.330 e. The van der Waals surface area contributed by atoms with Crippen molar-refractivity contribution in [2.24, 2.45) is 5.73 Å². The average Bonchev–Trinajstić information content (AvgIpc) is 2.61. The van der Waals surface area contributed by atoms with Gasteiger partial charge in [-0.15, -0.1) is 0 Å². The van der Waals surface area contributed by atoms with E-state index in [-0.39, 0.29) is 0 Å². The minimum atomic E-state index is 0.398. The Hall–Kier alpha value is -1.78. The second-order valence-electron chi connectivity index (χ2n) is 6.75. The summed E-state index contributed by atoms with van der Waals surface area (Å²) in [6.45, 7) is 4.82. The summed E-state index contributed by atoms with van der Waals surface area (Å²) in [7, 11) is 0. The SMILES string of the molecule is Cc1ccnc(CN(CCCCN)C2CCCc3cccnc32)c1. The molecule has 0 aromatic carbocycles. The number of hydrogen-bond acceptors (Lipinski definition) is 4. The maximum atomic E-state index is 5.70. The fraction of sp³-hybridized carbons (Fsp3) is 0.500. The molecule has 0 radical (unpaired) electrons. The van der Waals surface area contributed by atoms with Gasteiger partial charge < -0.3 is 5.73 Å². The summed E-state index contributed by atoms with van der Waals surface area (Å²) in [6.07, 6.45) is 9.60. The maximum Gasteiger partial charge on any atom is 0.0607 e. The fourth-order valence-corrected chi connectivity index (χ4v) is 3.64.